The van der Waals surface area contributed by atoms with Crippen LogP contribution < -0.4 is 10.5 Å². The molecule has 3 rings (SSSR count). The molecule has 0 saturated heterocycles. The van der Waals surface area contributed by atoms with Crippen LogP contribution in [-0.2, 0) is 23.1 Å². The predicted octanol–water partition coefficient (Wildman–Crippen LogP) is 2.39. The number of benzene rings is 2. The van der Waals surface area contributed by atoms with Gasteiger partial charge in [-0.15, -0.1) is 0 Å². The zero-order valence-electron chi connectivity index (χ0n) is 14.4. The number of nitrogens with one attached hydrogen (secondary N) is 1. The Balaban J connectivity index is 1.57. The Morgan fingerprint density at radius 3 is 2.23 bits per heavy atom. The molecule has 0 aliphatic heterocycles. The minimum absolute atomic E-state index is 0.112. The first-order valence-electron chi connectivity index (χ1n) is 8.12. The van der Waals surface area contributed by atoms with Crippen LogP contribution in [-0.4, -0.2) is 18.4 Å². The molecule has 1 heterocycles. The lowest BCUT2D eigenvalue weighted by Crippen LogP contribution is -2.14. The van der Waals surface area contributed by atoms with Crippen molar-refractivity contribution in [1.82, 2.24) is 15.3 Å². The van der Waals surface area contributed by atoms with E-state index in [4.69, 9.17) is 5.14 Å². The molecular formula is C19H20N4O2S. The summed E-state index contributed by atoms with van der Waals surface area (Å²) in [6, 6.07) is 14.6. The maximum absolute atomic E-state index is 11.2. The van der Waals surface area contributed by atoms with Crippen molar-refractivity contribution in [2.75, 3.05) is 0 Å². The molecule has 0 aliphatic carbocycles. The molecule has 0 atom stereocenters. The van der Waals surface area contributed by atoms with Crippen LogP contribution in [0.2, 0.25) is 0 Å². The largest absolute Gasteiger partial charge is 0.309 e. The Bertz CT molecular complexity index is 985. The molecule has 0 amide bonds. The SMILES string of the molecule is Cc1cccc(-c2ncc(CNCc3ccc(S(N)(=O)=O)cc3)cn2)c1. The summed E-state index contributed by atoms with van der Waals surface area (Å²) in [5, 5.41) is 8.37. The molecule has 7 heteroatoms. The minimum atomic E-state index is -3.65. The number of sulfonamides is 1. The quantitative estimate of drug-likeness (QED) is 0.696. The second-order valence-corrected chi connectivity index (χ2v) is 7.64. The van der Waals surface area contributed by atoms with Crippen molar-refractivity contribution in [1.29, 1.82) is 0 Å². The number of hydrogen-bond acceptors (Lipinski definition) is 5. The lowest BCUT2D eigenvalue weighted by atomic mass is 10.1. The van der Waals surface area contributed by atoms with E-state index in [0.29, 0.717) is 18.9 Å². The molecule has 0 saturated carbocycles. The van der Waals surface area contributed by atoms with Crippen LogP contribution in [0.15, 0.2) is 65.8 Å². The van der Waals surface area contributed by atoms with E-state index in [-0.39, 0.29) is 4.90 Å². The van der Waals surface area contributed by atoms with E-state index >= 15 is 0 Å². The van der Waals surface area contributed by atoms with Gasteiger partial charge in [0.25, 0.3) is 0 Å². The Morgan fingerprint density at radius 2 is 1.62 bits per heavy atom. The average molecular weight is 368 g/mol. The normalized spacial score (nSPS) is 11.5. The monoisotopic (exact) mass is 368 g/mol. The van der Waals surface area contributed by atoms with Crippen molar-refractivity contribution >= 4 is 10.0 Å². The molecule has 3 aromatic rings. The van der Waals surface area contributed by atoms with Crippen molar-refractivity contribution in [3.05, 3.63) is 77.6 Å². The molecule has 0 fully saturated rings. The zero-order chi connectivity index (χ0) is 18.6. The van der Waals surface area contributed by atoms with Crippen LogP contribution in [0.4, 0.5) is 0 Å². The van der Waals surface area contributed by atoms with Crippen LogP contribution in [0.25, 0.3) is 11.4 Å². The lowest BCUT2D eigenvalue weighted by molar-refractivity contribution is 0.597. The van der Waals surface area contributed by atoms with Gasteiger partial charge in [0, 0.05) is 36.6 Å². The molecule has 0 radical (unpaired) electrons. The number of rotatable bonds is 6. The molecule has 0 spiro atoms. The fourth-order valence-corrected chi connectivity index (χ4v) is 3.04. The standard InChI is InChI=1S/C19H20N4O2S/c1-14-3-2-4-17(9-14)19-22-12-16(13-23-19)11-21-10-15-5-7-18(8-6-15)26(20,24)25/h2-9,12-13,21H,10-11H2,1H3,(H2,20,24,25). The molecule has 0 bridgehead atoms. The van der Waals surface area contributed by atoms with Crippen molar-refractivity contribution in [3.8, 4) is 11.4 Å². The second kappa shape index (κ2) is 7.74. The van der Waals surface area contributed by atoms with Crippen LogP contribution in [0.1, 0.15) is 16.7 Å². The molecule has 134 valence electrons. The summed E-state index contributed by atoms with van der Waals surface area (Å²) in [5.41, 5.74) is 4.11. The minimum Gasteiger partial charge on any atom is -0.309 e. The zero-order valence-corrected chi connectivity index (χ0v) is 15.2. The maximum Gasteiger partial charge on any atom is 0.238 e. The van der Waals surface area contributed by atoms with E-state index in [1.807, 2.05) is 37.5 Å². The van der Waals surface area contributed by atoms with E-state index in [1.54, 1.807) is 12.1 Å². The van der Waals surface area contributed by atoms with Crippen molar-refractivity contribution < 1.29 is 8.42 Å². The molecule has 1 aromatic heterocycles. The van der Waals surface area contributed by atoms with E-state index in [2.05, 4.69) is 21.4 Å². The number of nitrogens with zero attached hydrogens (tertiary/aromatic N) is 2. The van der Waals surface area contributed by atoms with Gasteiger partial charge in [-0.25, -0.2) is 23.5 Å². The third kappa shape index (κ3) is 4.72. The third-order valence-electron chi connectivity index (χ3n) is 3.89. The summed E-state index contributed by atoms with van der Waals surface area (Å²) in [5.74, 6) is 0.705. The maximum atomic E-state index is 11.2. The second-order valence-electron chi connectivity index (χ2n) is 6.08. The smallest absolute Gasteiger partial charge is 0.238 e. The van der Waals surface area contributed by atoms with Crippen LogP contribution in [0, 0.1) is 6.92 Å². The molecule has 3 N–H and O–H groups in total. The van der Waals surface area contributed by atoms with Crippen LogP contribution in [0.3, 0.4) is 0 Å². The van der Waals surface area contributed by atoms with E-state index in [0.717, 1.165) is 16.7 Å². The topological polar surface area (TPSA) is 98.0 Å². The number of aromatic nitrogens is 2. The Kier molecular flexibility index (Phi) is 5.41. The van der Waals surface area contributed by atoms with Crippen molar-refractivity contribution in [3.63, 3.8) is 0 Å². The highest BCUT2D eigenvalue weighted by molar-refractivity contribution is 7.89. The third-order valence-corrected chi connectivity index (χ3v) is 4.82. The summed E-state index contributed by atoms with van der Waals surface area (Å²) >= 11 is 0. The molecule has 6 nitrogen and oxygen atoms in total. The Morgan fingerprint density at radius 1 is 0.962 bits per heavy atom. The highest BCUT2D eigenvalue weighted by atomic mass is 32.2. The number of aryl methyl sites for hydroxylation is 1. The summed E-state index contributed by atoms with van der Waals surface area (Å²) in [6.07, 6.45) is 3.61. The molecule has 0 aliphatic rings. The van der Waals surface area contributed by atoms with Crippen LogP contribution >= 0.6 is 0 Å². The predicted molar refractivity (Wildman–Crippen MR) is 101 cm³/mol. The number of primary sulfonamides is 1. The van der Waals surface area contributed by atoms with Gasteiger partial charge < -0.3 is 5.32 Å². The van der Waals surface area contributed by atoms with Gasteiger partial charge in [-0.3, -0.25) is 0 Å². The summed E-state index contributed by atoms with van der Waals surface area (Å²) in [4.78, 5) is 8.96. The molecular weight excluding hydrogens is 348 g/mol. The van der Waals surface area contributed by atoms with Crippen LogP contribution in [0.5, 0.6) is 0 Å². The van der Waals surface area contributed by atoms with Gasteiger partial charge in [0.1, 0.15) is 0 Å². The van der Waals surface area contributed by atoms with Crippen molar-refractivity contribution in [2.45, 2.75) is 24.9 Å². The highest BCUT2D eigenvalue weighted by Gasteiger charge is 2.06. The van der Waals surface area contributed by atoms with Gasteiger partial charge in [0.05, 0.1) is 4.90 Å². The van der Waals surface area contributed by atoms with Gasteiger partial charge in [-0.1, -0.05) is 35.9 Å². The molecule has 2 aromatic carbocycles. The van der Waals surface area contributed by atoms with E-state index in [9.17, 15) is 8.42 Å². The van der Waals surface area contributed by atoms with Gasteiger partial charge in [0.2, 0.25) is 10.0 Å². The Hall–Kier alpha value is -2.61. The van der Waals surface area contributed by atoms with Gasteiger partial charge in [-0.05, 0) is 30.7 Å². The van der Waals surface area contributed by atoms with Gasteiger partial charge >= 0.3 is 0 Å². The summed E-state index contributed by atoms with van der Waals surface area (Å²) in [7, 11) is -3.65. The van der Waals surface area contributed by atoms with E-state index < -0.39 is 10.0 Å². The fraction of sp³-hybridized carbons (Fsp3) is 0.158. The fourth-order valence-electron chi connectivity index (χ4n) is 2.53. The van der Waals surface area contributed by atoms with E-state index in [1.165, 1.54) is 17.7 Å². The number of nitrogens with two attached hydrogens (primary N) is 1. The summed E-state index contributed by atoms with van der Waals surface area (Å²) in [6.45, 7) is 3.26. The van der Waals surface area contributed by atoms with Crippen molar-refractivity contribution in [2.24, 2.45) is 5.14 Å². The molecule has 0 unspecified atom stereocenters. The Labute approximate surface area is 153 Å². The first-order chi connectivity index (χ1) is 12.4. The number of hydrogen-bond donors (Lipinski definition) is 2. The average Bonchev–Trinajstić information content (AvgIpc) is 2.62. The molecule has 26 heavy (non-hydrogen) atoms. The first-order valence-corrected chi connectivity index (χ1v) is 9.67. The highest BCUT2D eigenvalue weighted by Crippen LogP contribution is 2.15. The van der Waals surface area contributed by atoms with Gasteiger partial charge in [0.15, 0.2) is 5.82 Å². The van der Waals surface area contributed by atoms with Gasteiger partial charge in [-0.2, -0.15) is 0 Å². The lowest BCUT2D eigenvalue weighted by Gasteiger charge is -2.07. The first kappa shape index (κ1) is 18.2. The summed E-state index contributed by atoms with van der Waals surface area (Å²) < 4.78 is 22.5.